The maximum atomic E-state index is 11.9. The molecule has 6 heteroatoms. The van der Waals surface area contributed by atoms with Crippen molar-refractivity contribution >= 4 is 23.4 Å². The zero-order valence-electron chi connectivity index (χ0n) is 17.6. The van der Waals surface area contributed by atoms with E-state index in [1.54, 1.807) is 20.3 Å². The number of allylic oxidation sites excluding steroid dienone is 1. The highest BCUT2D eigenvalue weighted by atomic mass is 127. The highest BCUT2D eigenvalue weighted by Gasteiger charge is 2.43. The lowest BCUT2D eigenvalue weighted by atomic mass is 9.80. The Balaban J connectivity index is 0.00000300. The summed E-state index contributed by atoms with van der Waals surface area (Å²) in [6, 6.07) is 11.5. The Hall–Kier alpha value is -2.35. The van der Waals surface area contributed by atoms with E-state index in [4.69, 9.17) is 14.2 Å². The lowest BCUT2D eigenvalue weighted by Gasteiger charge is -2.16. The lowest BCUT2D eigenvalue weighted by Crippen LogP contribution is -3.00. The first-order valence-corrected chi connectivity index (χ1v) is 9.07. The quantitative estimate of drug-likeness (QED) is 0.347. The molecule has 2 aromatic rings. The molecule has 0 spiro atoms. The summed E-state index contributed by atoms with van der Waals surface area (Å²) < 4.78 is 17.7. The minimum Gasteiger partial charge on any atom is -1.00 e. The van der Waals surface area contributed by atoms with Gasteiger partial charge in [0.25, 0.3) is 0 Å². The molecular weight excluding hydrogens is 481 g/mol. The van der Waals surface area contributed by atoms with Crippen LogP contribution in [0.5, 0.6) is 11.5 Å². The van der Waals surface area contributed by atoms with Crippen molar-refractivity contribution in [2.45, 2.75) is 19.3 Å². The fourth-order valence-electron chi connectivity index (χ4n) is 3.71. The molecule has 0 atom stereocenters. The third-order valence-corrected chi connectivity index (χ3v) is 5.30. The summed E-state index contributed by atoms with van der Waals surface area (Å²) in [7, 11) is 6.69. The summed E-state index contributed by atoms with van der Waals surface area (Å²) in [5.41, 5.74) is 4.66. The van der Waals surface area contributed by atoms with E-state index in [1.165, 1.54) is 7.11 Å². The summed E-state index contributed by atoms with van der Waals surface area (Å²) in [6.07, 6.45) is 4.17. The van der Waals surface area contributed by atoms with Crippen LogP contribution in [0.15, 0.2) is 42.5 Å². The fourth-order valence-corrected chi connectivity index (χ4v) is 3.71. The van der Waals surface area contributed by atoms with E-state index in [9.17, 15) is 4.79 Å². The SMILES string of the molecule is COC(=O)c1ccc2c(c1)C(C)(C)C(C=Cc1ccc(OC)c(OC)c1)=[N+]2C.[I-]. The Bertz CT molecular complexity index is 992. The molecule has 3 rings (SSSR count). The molecule has 1 heterocycles. The number of methoxy groups -OCH3 is 3. The first-order chi connectivity index (χ1) is 13.3. The smallest absolute Gasteiger partial charge is 0.337 e. The predicted molar refractivity (Wildman–Crippen MR) is 110 cm³/mol. The number of esters is 1. The van der Waals surface area contributed by atoms with Gasteiger partial charge in [-0.25, -0.2) is 4.79 Å². The molecule has 29 heavy (non-hydrogen) atoms. The van der Waals surface area contributed by atoms with Crippen molar-refractivity contribution in [1.29, 1.82) is 0 Å². The number of nitrogens with zero attached hydrogens (tertiary/aromatic N) is 1. The Morgan fingerprint density at radius 2 is 1.66 bits per heavy atom. The molecule has 0 fully saturated rings. The van der Waals surface area contributed by atoms with E-state index in [2.05, 4.69) is 30.6 Å². The highest BCUT2D eigenvalue weighted by molar-refractivity contribution is 6.06. The molecule has 1 aliphatic rings. The first kappa shape index (κ1) is 22.9. The normalized spacial score (nSPS) is 14.4. The second-order valence-corrected chi connectivity index (χ2v) is 7.24. The van der Waals surface area contributed by atoms with Crippen LogP contribution >= 0.6 is 0 Å². The molecule has 0 saturated heterocycles. The second kappa shape index (κ2) is 8.98. The van der Waals surface area contributed by atoms with Gasteiger partial charge in [-0.1, -0.05) is 6.07 Å². The molecule has 1 aliphatic heterocycles. The van der Waals surface area contributed by atoms with Gasteiger partial charge in [0.05, 0.1) is 32.3 Å². The van der Waals surface area contributed by atoms with E-state index in [1.807, 2.05) is 37.4 Å². The number of halogens is 1. The minimum atomic E-state index is -0.324. The third-order valence-electron chi connectivity index (χ3n) is 5.30. The molecule has 5 nitrogen and oxygen atoms in total. The summed E-state index contributed by atoms with van der Waals surface area (Å²) >= 11 is 0. The summed E-state index contributed by atoms with van der Waals surface area (Å²) in [6.45, 7) is 4.31. The number of benzene rings is 2. The lowest BCUT2D eigenvalue weighted by molar-refractivity contribution is -0.401. The highest BCUT2D eigenvalue weighted by Crippen LogP contribution is 2.40. The molecule has 0 radical (unpaired) electrons. The molecule has 0 unspecified atom stereocenters. The summed E-state index contributed by atoms with van der Waals surface area (Å²) in [5, 5.41) is 0. The average Bonchev–Trinajstić information content (AvgIpc) is 2.90. The van der Waals surface area contributed by atoms with Crippen molar-refractivity contribution in [3.63, 3.8) is 0 Å². The molecule has 0 aromatic heterocycles. The molecule has 0 aliphatic carbocycles. The number of carbonyl (C=O) groups excluding carboxylic acids is 1. The van der Waals surface area contributed by atoms with Crippen LogP contribution in [0.4, 0.5) is 5.69 Å². The van der Waals surface area contributed by atoms with Crippen LogP contribution in [0.1, 0.15) is 35.3 Å². The van der Waals surface area contributed by atoms with E-state index >= 15 is 0 Å². The molecule has 0 N–H and O–H groups in total. The Labute approximate surface area is 189 Å². The van der Waals surface area contributed by atoms with Gasteiger partial charge in [0.2, 0.25) is 5.69 Å². The van der Waals surface area contributed by atoms with Crippen molar-refractivity contribution in [3.8, 4) is 11.5 Å². The van der Waals surface area contributed by atoms with Crippen LogP contribution in [0.2, 0.25) is 0 Å². The maximum absolute atomic E-state index is 11.9. The van der Waals surface area contributed by atoms with Gasteiger partial charge in [0, 0.05) is 17.7 Å². The Kier molecular flexibility index (Phi) is 7.11. The molecule has 154 valence electrons. The molecule has 0 amide bonds. The first-order valence-electron chi connectivity index (χ1n) is 9.07. The van der Waals surface area contributed by atoms with Gasteiger partial charge < -0.3 is 38.2 Å². The van der Waals surface area contributed by atoms with E-state index in [0.29, 0.717) is 17.1 Å². The van der Waals surface area contributed by atoms with Crippen LogP contribution in [0, 0.1) is 0 Å². The van der Waals surface area contributed by atoms with Crippen molar-refractivity contribution in [2.24, 2.45) is 0 Å². The zero-order valence-corrected chi connectivity index (χ0v) is 19.7. The minimum absolute atomic E-state index is 0. The van der Waals surface area contributed by atoms with Gasteiger partial charge in [-0.2, -0.15) is 4.58 Å². The maximum Gasteiger partial charge on any atom is 0.337 e. The van der Waals surface area contributed by atoms with Crippen LogP contribution < -0.4 is 33.5 Å². The molecular formula is C23H26INO4. The number of hydrogen-bond donors (Lipinski definition) is 0. The van der Waals surface area contributed by atoms with Crippen LogP contribution in [-0.2, 0) is 10.2 Å². The summed E-state index contributed by atoms with van der Waals surface area (Å²) in [5.74, 6) is 1.07. The molecule has 2 aromatic carbocycles. The summed E-state index contributed by atoms with van der Waals surface area (Å²) in [4.78, 5) is 11.9. The van der Waals surface area contributed by atoms with Gasteiger partial charge >= 0.3 is 5.97 Å². The van der Waals surface area contributed by atoms with Crippen LogP contribution in [-0.4, -0.2) is 44.6 Å². The van der Waals surface area contributed by atoms with Crippen molar-refractivity contribution in [2.75, 3.05) is 28.4 Å². The zero-order chi connectivity index (χ0) is 20.5. The third kappa shape index (κ3) is 4.17. The number of rotatable bonds is 5. The monoisotopic (exact) mass is 507 g/mol. The number of carbonyl (C=O) groups is 1. The van der Waals surface area contributed by atoms with Crippen molar-refractivity contribution < 1.29 is 47.6 Å². The Morgan fingerprint density at radius 1 is 0.966 bits per heavy atom. The second-order valence-electron chi connectivity index (χ2n) is 7.24. The molecule has 0 saturated carbocycles. The molecule has 0 bridgehead atoms. The van der Waals surface area contributed by atoms with Crippen molar-refractivity contribution in [1.82, 2.24) is 0 Å². The van der Waals surface area contributed by atoms with Crippen LogP contribution in [0.3, 0.4) is 0 Å². The standard InChI is InChI=1S/C23H26NO4.HI/c1-23(2)17-14-16(22(25)28-6)9-10-18(17)24(3)21(23)12-8-15-7-11-19(26-4)20(13-15)27-5;/h7-14H,1-6H3;1H/q+1;/p-1. The van der Waals surface area contributed by atoms with Gasteiger partial charge in [0.15, 0.2) is 17.2 Å². The van der Waals surface area contributed by atoms with Crippen molar-refractivity contribution in [3.05, 3.63) is 59.2 Å². The van der Waals surface area contributed by atoms with E-state index in [0.717, 1.165) is 22.5 Å². The van der Waals surface area contributed by atoms with Gasteiger partial charge in [-0.05, 0) is 49.8 Å². The van der Waals surface area contributed by atoms with Gasteiger partial charge in [-0.3, -0.25) is 0 Å². The Morgan fingerprint density at radius 3 is 2.28 bits per heavy atom. The van der Waals surface area contributed by atoms with Gasteiger partial charge in [-0.15, -0.1) is 0 Å². The largest absolute Gasteiger partial charge is 1.00 e. The predicted octanol–water partition coefficient (Wildman–Crippen LogP) is 1.21. The van der Waals surface area contributed by atoms with Crippen LogP contribution in [0.25, 0.3) is 6.08 Å². The fraction of sp³-hybridized carbons (Fsp3) is 0.304. The number of ether oxygens (including phenoxy) is 3. The average molecular weight is 507 g/mol. The number of fused-ring (bicyclic) bond motifs is 1. The number of hydrogen-bond acceptors (Lipinski definition) is 4. The van der Waals surface area contributed by atoms with E-state index in [-0.39, 0.29) is 35.4 Å². The van der Waals surface area contributed by atoms with E-state index < -0.39 is 0 Å². The van der Waals surface area contributed by atoms with Gasteiger partial charge in [0.1, 0.15) is 7.05 Å². The topological polar surface area (TPSA) is 47.8 Å².